The van der Waals surface area contributed by atoms with E-state index >= 15 is 0 Å². The van der Waals surface area contributed by atoms with Crippen LogP contribution in [0, 0.1) is 6.92 Å². The van der Waals surface area contributed by atoms with E-state index in [0.29, 0.717) is 5.56 Å². The average molecular weight is 216 g/mol. The lowest BCUT2D eigenvalue weighted by molar-refractivity contribution is -0.0205. The first-order valence-corrected chi connectivity index (χ1v) is 4.70. The number of ether oxygens (including phenoxy) is 1. The summed E-state index contributed by atoms with van der Waals surface area (Å²) in [5, 5.41) is 9.64. The molecule has 0 saturated carbocycles. The standard InChI is InChI=1S/C11H14F2O2/c1-8-4-2-3-5-9(8)10(14)6-15-7-11(12)13/h2-5,10-11,14H,6-7H2,1H3. The zero-order chi connectivity index (χ0) is 11.3. The van der Waals surface area contributed by atoms with E-state index in [2.05, 4.69) is 4.74 Å². The number of aliphatic hydroxyl groups excluding tert-OH is 1. The fraction of sp³-hybridized carbons (Fsp3) is 0.455. The van der Waals surface area contributed by atoms with Gasteiger partial charge in [0.1, 0.15) is 12.7 Å². The van der Waals surface area contributed by atoms with E-state index in [4.69, 9.17) is 0 Å². The molecular formula is C11H14F2O2. The highest BCUT2D eigenvalue weighted by molar-refractivity contribution is 5.27. The highest BCUT2D eigenvalue weighted by atomic mass is 19.3. The van der Waals surface area contributed by atoms with Gasteiger partial charge in [-0.2, -0.15) is 0 Å². The number of aryl methyl sites for hydroxylation is 1. The van der Waals surface area contributed by atoms with Crippen molar-refractivity contribution in [1.82, 2.24) is 0 Å². The fourth-order valence-corrected chi connectivity index (χ4v) is 1.32. The second-order valence-electron chi connectivity index (χ2n) is 3.30. The largest absolute Gasteiger partial charge is 0.386 e. The van der Waals surface area contributed by atoms with Gasteiger partial charge in [-0.15, -0.1) is 0 Å². The van der Waals surface area contributed by atoms with Crippen molar-refractivity contribution >= 4 is 0 Å². The normalized spacial score (nSPS) is 13.1. The van der Waals surface area contributed by atoms with Crippen LogP contribution in [0.5, 0.6) is 0 Å². The van der Waals surface area contributed by atoms with Gasteiger partial charge in [-0.05, 0) is 18.1 Å². The molecule has 0 aliphatic heterocycles. The molecule has 1 aromatic carbocycles. The molecule has 0 aromatic heterocycles. The molecule has 84 valence electrons. The first-order chi connectivity index (χ1) is 7.11. The number of hydrogen-bond donors (Lipinski definition) is 1. The third-order valence-corrected chi connectivity index (χ3v) is 2.07. The molecule has 0 aliphatic rings. The van der Waals surface area contributed by atoms with Gasteiger partial charge in [0.2, 0.25) is 0 Å². The van der Waals surface area contributed by atoms with Gasteiger partial charge in [0.05, 0.1) is 6.61 Å². The topological polar surface area (TPSA) is 29.5 Å². The number of benzene rings is 1. The van der Waals surface area contributed by atoms with Crippen molar-refractivity contribution in [2.24, 2.45) is 0 Å². The highest BCUT2D eigenvalue weighted by Crippen LogP contribution is 2.17. The Morgan fingerprint density at radius 1 is 1.27 bits per heavy atom. The predicted octanol–water partition coefficient (Wildman–Crippen LogP) is 2.31. The lowest BCUT2D eigenvalue weighted by atomic mass is 10.0. The van der Waals surface area contributed by atoms with Crippen LogP contribution < -0.4 is 0 Å². The highest BCUT2D eigenvalue weighted by Gasteiger charge is 2.11. The Balaban J connectivity index is 2.47. The summed E-state index contributed by atoms with van der Waals surface area (Å²) in [4.78, 5) is 0. The summed E-state index contributed by atoms with van der Waals surface area (Å²) >= 11 is 0. The van der Waals surface area contributed by atoms with Crippen molar-refractivity contribution in [3.05, 3.63) is 35.4 Å². The molecule has 0 spiro atoms. The Morgan fingerprint density at radius 3 is 2.53 bits per heavy atom. The number of halogens is 2. The molecule has 1 atom stereocenters. The van der Waals surface area contributed by atoms with Crippen molar-refractivity contribution in [1.29, 1.82) is 0 Å². The minimum absolute atomic E-state index is 0.102. The Labute approximate surface area is 87.5 Å². The third-order valence-electron chi connectivity index (χ3n) is 2.07. The second kappa shape index (κ2) is 5.78. The Bertz CT molecular complexity index is 302. The van der Waals surface area contributed by atoms with Crippen molar-refractivity contribution in [3.8, 4) is 0 Å². The predicted molar refractivity (Wildman–Crippen MR) is 53.0 cm³/mol. The summed E-state index contributed by atoms with van der Waals surface area (Å²) in [6.07, 6.45) is -3.33. The zero-order valence-corrected chi connectivity index (χ0v) is 8.49. The molecule has 2 nitrogen and oxygen atoms in total. The molecule has 0 bridgehead atoms. The fourth-order valence-electron chi connectivity index (χ4n) is 1.32. The van der Waals surface area contributed by atoms with Gasteiger partial charge in [-0.1, -0.05) is 24.3 Å². The molecule has 0 fully saturated rings. The molecule has 1 rings (SSSR count). The molecule has 0 radical (unpaired) electrons. The van der Waals surface area contributed by atoms with Gasteiger partial charge in [-0.3, -0.25) is 0 Å². The van der Waals surface area contributed by atoms with Gasteiger partial charge in [-0.25, -0.2) is 8.78 Å². The number of alkyl halides is 2. The third kappa shape index (κ3) is 3.93. The Kier molecular flexibility index (Phi) is 4.65. The quantitative estimate of drug-likeness (QED) is 0.818. The monoisotopic (exact) mass is 216 g/mol. The minimum atomic E-state index is -2.49. The van der Waals surface area contributed by atoms with Crippen LogP contribution in [-0.4, -0.2) is 24.7 Å². The van der Waals surface area contributed by atoms with E-state index in [9.17, 15) is 13.9 Å². The summed E-state index contributed by atoms with van der Waals surface area (Å²) in [5.41, 5.74) is 1.64. The van der Waals surface area contributed by atoms with Crippen molar-refractivity contribution in [2.45, 2.75) is 19.5 Å². The molecule has 1 aromatic rings. The van der Waals surface area contributed by atoms with Crippen LogP contribution >= 0.6 is 0 Å². The summed E-state index contributed by atoms with van der Waals surface area (Å²) in [6, 6.07) is 7.25. The maximum atomic E-state index is 11.8. The van der Waals surface area contributed by atoms with Crippen LogP contribution in [0.25, 0.3) is 0 Å². The molecule has 0 amide bonds. The van der Waals surface area contributed by atoms with Crippen molar-refractivity contribution in [3.63, 3.8) is 0 Å². The molecular weight excluding hydrogens is 202 g/mol. The van der Waals surface area contributed by atoms with Crippen LogP contribution in [0.4, 0.5) is 8.78 Å². The SMILES string of the molecule is Cc1ccccc1C(O)COCC(F)F. The van der Waals surface area contributed by atoms with Gasteiger partial charge in [0.25, 0.3) is 6.43 Å². The van der Waals surface area contributed by atoms with E-state index in [1.807, 2.05) is 19.1 Å². The van der Waals surface area contributed by atoms with Crippen LogP contribution in [0.3, 0.4) is 0 Å². The molecule has 1 unspecified atom stereocenters. The summed E-state index contributed by atoms with van der Waals surface area (Å²) in [6.45, 7) is 1.11. The van der Waals surface area contributed by atoms with E-state index in [0.717, 1.165) is 5.56 Å². The second-order valence-corrected chi connectivity index (χ2v) is 3.30. The van der Waals surface area contributed by atoms with Crippen LogP contribution in [-0.2, 0) is 4.74 Å². The van der Waals surface area contributed by atoms with Crippen molar-refractivity contribution in [2.75, 3.05) is 13.2 Å². The van der Waals surface area contributed by atoms with Gasteiger partial charge < -0.3 is 9.84 Å². The first-order valence-electron chi connectivity index (χ1n) is 4.70. The molecule has 0 saturated heterocycles. The Hall–Kier alpha value is -1.00. The van der Waals surface area contributed by atoms with Gasteiger partial charge in [0.15, 0.2) is 0 Å². The smallest absolute Gasteiger partial charge is 0.261 e. The number of aliphatic hydroxyl groups is 1. The zero-order valence-electron chi connectivity index (χ0n) is 8.49. The summed E-state index contributed by atoms with van der Waals surface area (Å²) < 4.78 is 28.2. The average Bonchev–Trinajstić information content (AvgIpc) is 2.17. The lowest BCUT2D eigenvalue weighted by Crippen LogP contribution is -2.12. The molecule has 0 aliphatic carbocycles. The minimum Gasteiger partial charge on any atom is -0.386 e. The van der Waals surface area contributed by atoms with Crippen LogP contribution in [0.1, 0.15) is 17.2 Å². The molecule has 15 heavy (non-hydrogen) atoms. The number of hydrogen-bond acceptors (Lipinski definition) is 2. The number of rotatable bonds is 5. The maximum absolute atomic E-state index is 11.8. The van der Waals surface area contributed by atoms with Crippen LogP contribution in [0.15, 0.2) is 24.3 Å². The van der Waals surface area contributed by atoms with E-state index in [1.165, 1.54) is 0 Å². The first kappa shape index (κ1) is 12.1. The lowest BCUT2D eigenvalue weighted by Gasteiger charge is -2.13. The van der Waals surface area contributed by atoms with E-state index < -0.39 is 19.1 Å². The molecule has 4 heteroatoms. The maximum Gasteiger partial charge on any atom is 0.261 e. The van der Waals surface area contributed by atoms with Gasteiger partial charge in [0, 0.05) is 0 Å². The molecule has 1 N–H and O–H groups in total. The van der Waals surface area contributed by atoms with E-state index in [-0.39, 0.29) is 6.61 Å². The van der Waals surface area contributed by atoms with E-state index in [1.54, 1.807) is 12.1 Å². The van der Waals surface area contributed by atoms with Crippen molar-refractivity contribution < 1.29 is 18.6 Å². The summed E-state index contributed by atoms with van der Waals surface area (Å²) in [7, 11) is 0. The Morgan fingerprint density at radius 2 is 1.93 bits per heavy atom. The summed E-state index contributed by atoms with van der Waals surface area (Å²) in [5.74, 6) is 0. The van der Waals surface area contributed by atoms with Gasteiger partial charge >= 0.3 is 0 Å². The van der Waals surface area contributed by atoms with Crippen LogP contribution in [0.2, 0.25) is 0 Å². The molecule has 0 heterocycles.